The fourth-order valence-corrected chi connectivity index (χ4v) is 5.49. The van der Waals surface area contributed by atoms with Crippen LogP contribution in [-0.2, 0) is 30.8 Å². The topological polar surface area (TPSA) is 127 Å². The average Bonchev–Trinajstić information content (AvgIpc) is 3.57. The maximum atomic E-state index is 13.0. The van der Waals surface area contributed by atoms with Crippen molar-refractivity contribution in [3.63, 3.8) is 0 Å². The molecule has 0 bridgehead atoms. The van der Waals surface area contributed by atoms with Gasteiger partial charge in [0.15, 0.2) is 5.13 Å². The number of amides is 2. The first kappa shape index (κ1) is 23.6. The Bertz CT molecular complexity index is 1120. The minimum atomic E-state index is -3.73. The minimum Gasteiger partial charge on any atom is -0.492 e. The number of aromatic nitrogens is 1. The number of sulfonamides is 1. The highest BCUT2D eigenvalue weighted by molar-refractivity contribution is 7.89. The second kappa shape index (κ2) is 10.2. The molecule has 178 valence electrons. The molecular formula is C21H26N4O6S2. The monoisotopic (exact) mass is 494 g/mol. The number of benzene rings is 1. The van der Waals surface area contributed by atoms with Crippen LogP contribution in [0.2, 0.25) is 0 Å². The van der Waals surface area contributed by atoms with Crippen molar-refractivity contribution in [2.75, 3.05) is 43.5 Å². The van der Waals surface area contributed by atoms with Crippen molar-refractivity contribution in [1.29, 1.82) is 0 Å². The molecule has 1 aliphatic heterocycles. The van der Waals surface area contributed by atoms with Crippen LogP contribution in [0.15, 0.2) is 28.5 Å². The highest BCUT2D eigenvalue weighted by Crippen LogP contribution is 2.31. The van der Waals surface area contributed by atoms with Crippen LogP contribution < -0.4 is 15.4 Å². The summed E-state index contributed by atoms with van der Waals surface area (Å²) < 4.78 is 38.2. The SMILES string of the molecule is CCOc1ccc(S(=O)(=O)N2CCOCC2)cc1NC(=O)Cc1csc(NC(=O)C2CC2)n1. The summed E-state index contributed by atoms with van der Waals surface area (Å²) in [5, 5.41) is 7.68. The molecule has 2 amide bonds. The third-order valence-corrected chi connectivity index (χ3v) is 7.91. The first-order valence-corrected chi connectivity index (χ1v) is 13.1. The van der Waals surface area contributed by atoms with Crippen molar-refractivity contribution < 1.29 is 27.5 Å². The zero-order valence-corrected chi connectivity index (χ0v) is 19.8. The number of carbonyl (C=O) groups is 2. The smallest absolute Gasteiger partial charge is 0.243 e. The van der Waals surface area contributed by atoms with Crippen LogP contribution in [0.5, 0.6) is 5.75 Å². The highest BCUT2D eigenvalue weighted by Gasteiger charge is 2.30. The van der Waals surface area contributed by atoms with E-state index in [0.29, 0.717) is 36.4 Å². The molecule has 1 aromatic heterocycles. The largest absolute Gasteiger partial charge is 0.492 e. The second-order valence-corrected chi connectivity index (χ2v) is 10.5. The summed E-state index contributed by atoms with van der Waals surface area (Å²) >= 11 is 1.26. The van der Waals surface area contributed by atoms with Gasteiger partial charge >= 0.3 is 0 Å². The number of rotatable bonds is 9. The van der Waals surface area contributed by atoms with E-state index in [2.05, 4.69) is 15.6 Å². The van der Waals surface area contributed by atoms with Crippen molar-refractivity contribution >= 4 is 44.0 Å². The van der Waals surface area contributed by atoms with E-state index < -0.39 is 10.0 Å². The van der Waals surface area contributed by atoms with E-state index in [1.807, 2.05) is 0 Å². The Labute approximate surface area is 196 Å². The molecule has 2 heterocycles. The third kappa shape index (κ3) is 5.88. The average molecular weight is 495 g/mol. The van der Waals surface area contributed by atoms with Gasteiger partial charge < -0.3 is 20.1 Å². The van der Waals surface area contributed by atoms with Gasteiger partial charge in [0.25, 0.3) is 0 Å². The number of nitrogens with one attached hydrogen (secondary N) is 2. The molecule has 2 fully saturated rings. The van der Waals surface area contributed by atoms with E-state index in [-0.39, 0.29) is 47.8 Å². The molecule has 10 nitrogen and oxygen atoms in total. The lowest BCUT2D eigenvalue weighted by atomic mass is 10.2. The molecule has 1 aliphatic carbocycles. The van der Waals surface area contributed by atoms with Gasteiger partial charge in [0.2, 0.25) is 21.8 Å². The Balaban J connectivity index is 1.46. The zero-order chi connectivity index (χ0) is 23.4. The zero-order valence-electron chi connectivity index (χ0n) is 18.2. The Morgan fingerprint density at radius 1 is 1.24 bits per heavy atom. The van der Waals surface area contributed by atoms with E-state index >= 15 is 0 Å². The lowest BCUT2D eigenvalue weighted by molar-refractivity contribution is -0.117. The molecule has 0 unspecified atom stereocenters. The van der Waals surface area contributed by atoms with E-state index in [1.165, 1.54) is 27.8 Å². The van der Waals surface area contributed by atoms with Crippen LogP contribution in [0, 0.1) is 5.92 Å². The summed E-state index contributed by atoms with van der Waals surface area (Å²) in [5.41, 5.74) is 0.785. The van der Waals surface area contributed by atoms with Crippen LogP contribution in [0.4, 0.5) is 10.8 Å². The van der Waals surface area contributed by atoms with Gasteiger partial charge in [-0.3, -0.25) is 9.59 Å². The predicted molar refractivity (Wildman–Crippen MR) is 123 cm³/mol. The summed E-state index contributed by atoms with van der Waals surface area (Å²) in [4.78, 5) is 28.9. The molecule has 1 aromatic carbocycles. The Kier molecular flexibility index (Phi) is 7.27. The number of anilines is 2. The summed E-state index contributed by atoms with van der Waals surface area (Å²) in [6.07, 6.45) is 1.77. The van der Waals surface area contributed by atoms with Gasteiger partial charge in [0, 0.05) is 24.4 Å². The van der Waals surface area contributed by atoms with Crippen LogP contribution in [-0.4, -0.2) is 62.4 Å². The summed E-state index contributed by atoms with van der Waals surface area (Å²) in [5.74, 6) is 0.0309. The minimum absolute atomic E-state index is 0.0260. The molecule has 1 saturated carbocycles. The van der Waals surface area contributed by atoms with Crippen LogP contribution in [0.25, 0.3) is 0 Å². The van der Waals surface area contributed by atoms with Gasteiger partial charge in [-0.1, -0.05) is 0 Å². The first-order chi connectivity index (χ1) is 15.9. The summed E-state index contributed by atoms with van der Waals surface area (Å²) in [7, 11) is -3.73. The van der Waals surface area contributed by atoms with Gasteiger partial charge in [-0.05, 0) is 38.0 Å². The predicted octanol–water partition coefficient (Wildman–Crippen LogP) is 2.09. The van der Waals surface area contributed by atoms with Crippen molar-refractivity contribution in [3.8, 4) is 5.75 Å². The number of nitrogens with zero attached hydrogens (tertiary/aromatic N) is 2. The number of ether oxygens (including phenoxy) is 2. The number of thiazole rings is 1. The molecule has 2 aliphatic rings. The number of morpholine rings is 1. The van der Waals surface area contributed by atoms with Gasteiger partial charge in [-0.2, -0.15) is 4.31 Å². The normalized spacial score (nSPS) is 16.9. The fraction of sp³-hybridized carbons (Fsp3) is 0.476. The van der Waals surface area contributed by atoms with Crippen molar-refractivity contribution in [3.05, 3.63) is 29.3 Å². The highest BCUT2D eigenvalue weighted by atomic mass is 32.2. The maximum Gasteiger partial charge on any atom is 0.243 e. The van der Waals surface area contributed by atoms with Crippen LogP contribution >= 0.6 is 11.3 Å². The lowest BCUT2D eigenvalue weighted by Gasteiger charge is -2.26. The number of hydrogen-bond donors (Lipinski definition) is 2. The summed E-state index contributed by atoms with van der Waals surface area (Å²) in [6, 6.07) is 4.43. The molecule has 12 heteroatoms. The lowest BCUT2D eigenvalue weighted by Crippen LogP contribution is -2.40. The van der Waals surface area contributed by atoms with Crippen molar-refractivity contribution in [2.45, 2.75) is 31.1 Å². The fourth-order valence-electron chi connectivity index (χ4n) is 3.34. The Morgan fingerprint density at radius 2 is 2.00 bits per heavy atom. The van der Waals surface area contributed by atoms with Gasteiger partial charge in [-0.15, -0.1) is 11.3 Å². The maximum absolute atomic E-state index is 13.0. The first-order valence-electron chi connectivity index (χ1n) is 10.8. The molecule has 4 rings (SSSR count). The van der Waals surface area contributed by atoms with E-state index in [0.717, 1.165) is 12.8 Å². The summed E-state index contributed by atoms with van der Waals surface area (Å²) in [6.45, 7) is 3.40. The van der Waals surface area contributed by atoms with E-state index in [4.69, 9.17) is 9.47 Å². The second-order valence-electron chi connectivity index (χ2n) is 7.74. The number of hydrogen-bond acceptors (Lipinski definition) is 8. The number of carbonyl (C=O) groups excluding carboxylic acids is 2. The van der Waals surface area contributed by atoms with Crippen LogP contribution in [0.3, 0.4) is 0 Å². The molecule has 0 radical (unpaired) electrons. The molecule has 2 N–H and O–H groups in total. The molecule has 2 aromatic rings. The molecule has 0 atom stereocenters. The molecular weight excluding hydrogens is 468 g/mol. The third-order valence-electron chi connectivity index (χ3n) is 5.20. The van der Waals surface area contributed by atoms with Gasteiger partial charge in [-0.25, -0.2) is 13.4 Å². The standard InChI is InChI=1S/C21H26N4O6S2/c1-2-31-18-6-5-16(33(28,29)25-7-9-30-10-8-25)12-17(18)23-19(26)11-15-13-32-21(22-15)24-20(27)14-3-4-14/h5-6,12-14H,2-4,7-11H2,1H3,(H,23,26)(H,22,24,27). The molecule has 1 saturated heterocycles. The van der Waals surface area contributed by atoms with Gasteiger partial charge in [0.1, 0.15) is 5.75 Å². The molecule has 0 spiro atoms. The quantitative estimate of drug-likeness (QED) is 0.546. The Hall–Kier alpha value is -2.54. The van der Waals surface area contributed by atoms with E-state index in [9.17, 15) is 18.0 Å². The van der Waals surface area contributed by atoms with Crippen molar-refractivity contribution in [2.24, 2.45) is 5.92 Å². The Morgan fingerprint density at radius 3 is 2.70 bits per heavy atom. The van der Waals surface area contributed by atoms with Crippen molar-refractivity contribution in [1.82, 2.24) is 9.29 Å². The van der Waals surface area contributed by atoms with E-state index in [1.54, 1.807) is 18.4 Å². The van der Waals surface area contributed by atoms with Crippen LogP contribution in [0.1, 0.15) is 25.5 Å². The van der Waals surface area contributed by atoms with Gasteiger partial charge in [0.05, 0.1) is 42.5 Å². The molecule has 33 heavy (non-hydrogen) atoms.